The van der Waals surface area contributed by atoms with Gasteiger partial charge in [-0.25, -0.2) is 0 Å². The predicted octanol–water partition coefficient (Wildman–Crippen LogP) is 3.77. The Labute approximate surface area is 148 Å². The molecule has 0 heterocycles. The van der Waals surface area contributed by atoms with E-state index in [1.807, 2.05) is 6.07 Å². The van der Waals surface area contributed by atoms with Gasteiger partial charge in [0.05, 0.1) is 17.7 Å². The number of hydrogen-bond donors (Lipinski definition) is 1. The maximum Gasteiger partial charge on any atom is 0.251 e. The number of amides is 1. The van der Waals surface area contributed by atoms with E-state index in [1.54, 1.807) is 24.3 Å². The lowest BCUT2D eigenvalue weighted by molar-refractivity contribution is 0.0393. The summed E-state index contributed by atoms with van der Waals surface area (Å²) < 4.78 is 6.04. The third-order valence-corrected chi connectivity index (χ3v) is 4.52. The molecule has 25 heavy (non-hydrogen) atoms. The first-order valence-corrected chi connectivity index (χ1v) is 8.75. The number of nitriles is 1. The second kappa shape index (κ2) is 8.46. The van der Waals surface area contributed by atoms with E-state index < -0.39 is 0 Å². The van der Waals surface area contributed by atoms with Gasteiger partial charge in [0.1, 0.15) is 0 Å². The molecule has 1 aliphatic rings. The van der Waals surface area contributed by atoms with E-state index in [0.717, 1.165) is 25.7 Å². The van der Waals surface area contributed by atoms with E-state index in [4.69, 9.17) is 10.00 Å². The Balaban J connectivity index is 1.40. The summed E-state index contributed by atoms with van der Waals surface area (Å²) in [4.78, 5) is 12.0. The van der Waals surface area contributed by atoms with Crippen LogP contribution in [0.2, 0.25) is 0 Å². The maximum atomic E-state index is 12.0. The van der Waals surface area contributed by atoms with Gasteiger partial charge in [-0.15, -0.1) is 0 Å². The molecule has 0 bridgehead atoms. The van der Waals surface area contributed by atoms with Crippen molar-refractivity contribution in [1.29, 1.82) is 5.26 Å². The zero-order chi connectivity index (χ0) is 17.5. The molecular formula is C21H22N2O2. The minimum Gasteiger partial charge on any atom is -0.373 e. The van der Waals surface area contributed by atoms with Crippen LogP contribution in [0.4, 0.5) is 0 Å². The number of ether oxygens (including phenoxy) is 1. The maximum absolute atomic E-state index is 12.0. The molecule has 0 aliphatic heterocycles. The van der Waals surface area contributed by atoms with Crippen LogP contribution in [-0.4, -0.2) is 19.1 Å². The van der Waals surface area contributed by atoms with Crippen LogP contribution in [0.1, 0.15) is 52.4 Å². The molecule has 0 spiro atoms. The Morgan fingerprint density at radius 3 is 2.80 bits per heavy atom. The van der Waals surface area contributed by atoms with Crippen molar-refractivity contribution in [3.05, 3.63) is 70.8 Å². The van der Waals surface area contributed by atoms with E-state index in [1.165, 1.54) is 11.1 Å². The molecule has 1 N–H and O–H groups in total. The number of aryl methyl sites for hydroxylation is 1. The summed E-state index contributed by atoms with van der Waals surface area (Å²) in [5, 5.41) is 11.7. The molecule has 0 saturated carbocycles. The Kier molecular flexibility index (Phi) is 5.81. The standard InChI is InChI=1S/C21H22N2O2/c22-15-16-9-11-18(12-10-16)21(24)23-13-4-14-25-20-8-3-6-17-5-1-2-7-19(17)20/h1-2,5,7,9-12,20H,3-4,6,8,13-14H2,(H,23,24). The van der Waals surface area contributed by atoms with Gasteiger partial charge in [-0.3, -0.25) is 4.79 Å². The molecule has 2 aromatic carbocycles. The molecule has 1 unspecified atom stereocenters. The predicted molar refractivity (Wildman–Crippen MR) is 96.2 cm³/mol. The summed E-state index contributed by atoms with van der Waals surface area (Å²) >= 11 is 0. The first-order chi connectivity index (χ1) is 12.3. The first kappa shape index (κ1) is 17.2. The van der Waals surface area contributed by atoms with Crippen LogP contribution in [0, 0.1) is 11.3 Å². The number of benzene rings is 2. The average Bonchev–Trinajstić information content (AvgIpc) is 2.67. The Hall–Kier alpha value is -2.64. The van der Waals surface area contributed by atoms with Gasteiger partial charge in [0.25, 0.3) is 5.91 Å². The zero-order valence-electron chi connectivity index (χ0n) is 14.2. The number of fused-ring (bicyclic) bond motifs is 1. The monoisotopic (exact) mass is 334 g/mol. The SMILES string of the molecule is N#Cc1ccc(C(=O)NCCCOC2CCCc3ccccc32)cc1. The molecule has 4 heteroatoms. The zero-order valence-corrected chi connectivity index (χ0v) is 14.2. The van der Waals surface area contributed by atoms with Crippen molar-refractivity contribution < 1.29 is 9.53 Å². The number of carbonyl (C=O) groups is 1. The highest BCUT2D eigenvalue weighted by atomic mass is 16.5. The number of carbonyl (C=O) groups excluding carboxylic acids is 1. The molecule has 0 aromatic heterocycles. The second-order valence-electron chi connectivity index (χ2n) is 6.25. The van der Waals surface area contributed by atoms with Crippen molar-refractivity contribution in [3.8, 4) is 6.07 Å². The van der Waals surface area contributed by atoms with E-state index in [-0.39, 0.29) is 12.0 Å². The highest BCUT2D eigenvalue weighted by Gasteiger charge is 2.19. The van der Waals surface area contributed by atoms with Crippen LogP contribution in [0.3, 0.4) is 0 Å². The van der Waals surface area contributed by atoms with Crippen LogP contribution in [0.25, 0.3) is 0 Å². The van der Waals surface area contributed by atoms with Gasteiger partial charge in [-0.2, -0.15) is 5.26 Å². The molecule has 0 radical (unpaired) electrons. The number of nitrogens with one attached hydrogen (secondary N) is 1. The van der Waals surface area contributed by atoms with Gasteiger partial charge in [-0.05, 0) is 61.1 Å². The number of rotatable bonds is 6. The Morgan fingerprint density at radius 1 is 1.20 bits per heavy atom. The molecule has 4 nitrogen and oxygen atoms in total. The minimum absolute atomic E-state index is 0.118. The van der Waals surface area contributed by atoms with Crippen molar-refractivity contribution in [1.82, 2.24) is 5.32 Å². The summed E-state index contributed by atoms with van der Waals surface area (Å²) in [5.41, 5.74) is 3.84. The average molecular weight is 334 g/mol. The lowest BCUT2D eigenvalue weighted by Crippen LogP contribution is -2.25. The van der Waals surface area contributed by atoms with Crippen LogP contribution in [0.5, 0.6) is 0 Å². The van der Waals surface area contributed by atoms with E-state index in [0.29, 0.717) is 24.3 Å². The van der Waals surface area contributed by atoms with Gasteiger partial charge >= 0.3 is 0 Å². The fourth-order valence-corrected chi connectivity index (χ4v) is 3.18. The molecule has 128 valence electrons. The quantitative estimate of drug-likeness (QED) is 0.818. The number of hydrogen-bond acceptors (Lipinski definition) is 3. The fourth-order valence-electron chi connectivity index (χ4n) is 3.18. The first-order valence-electron chi connectivity index (χ1n) is 8.75. The number of nitrogens with zero attached hydrogens (tertiary/aromatic N) is 1. The summed E-state index contributed by atoms with van der Waals surface area (Å²) in [5.74, 6) is -0.118. The third kappa shape index (κ3) is 4.46. The second-order valence-corrected chi connectivity index (χ2v) is 6.25. The van der Waals surface area contributed by atoms with Crippen LogP contribution in [0.15, 0.2) is 48.5 Å². The van der Waals surface area contributed by atoms with E-state index in [9.17, 15) is 4.79 Å². The summed E-state index contributed by atoms with van der Waals surface area (Å²) in [6, 6.07) is 17.2. The third-order valence-electron chi connectivity index (χ3n) is 4.52. The van der Waals surface area contributed by atoms with Crippen molar-refractivity contribution >= 4 is 5.91 Å². The van der Waals surface area contributed by atoms with Crippen molar-refractivity contribution in [3.63, 3.8) is 0 Å². The van der Waals surface area contributed by atoms with E-state index >= 15 is 0 Å². The molecular weight excluding hydrogens is 312 g/mol. The molecule has 0 fully saturated rings. The van der Waals surface area contributed by atoms with Crippen LogP contribution in [-0.2, 0) is 11.2 Å². The fraction of sp³-hybridized carbons (Fsp3) is 0.333. The summed E-state index contributed by atoms with van der Waals surface area (Å²) in [7, 11) is 0. The lowest BCUT2D eigenvalue weighted by atomic mass is 9.89. The smallest absolute Gasteiger partial charge is 0.251 e. The molecule has 2 aromatic rings. The highest BCUT2D eigenvalue weighted by Crippen LogP contribution is 2.32. The van der Waals surface area contributed by atoms with Gasteiger partial charge in [0, 0.05) is 18.7 Å². The van der Waals surface area contributed by atoms with Gasteiger partial charge in [0.2, 0.25) is 0 Å². The molecule has 1 atom stereocenters. The molecule has 1 aliphatic carbocycles. The Bertz CT molecular complexity index is 762. The topological polar surface area (TPSA) is 62.1 Å². The summed E-state index contributed by atoms with van der Waals surface area (Å²) in [6.07, 6.45) is 4.32. The van der Waals surface area contributed by atoms with Gasteiger partial charge in [0.15, 0.2) is 0 Å². The van der Waals surface area contributed by atoms with Crippen LogP contribution < -0.4 is 5.32 Å². The van der Waals surface area contributed by atoms with Gasteiger partial charge in [-0.1, -0.05) is 24.3 Å². The summed E-state index contributed by atoms with van der Waals surface area (Å²) in [6.45, 7) is 1.21. The minimum atomic E-state index is -0.118. The van der Waals surface area contributed by atoms with Crippen molar-refractivity contribution in [2.24, 2.45) is 0 Å². The highest BCUT2D eigenvalue weighted by molar-refractivity contribution is 5.94. The molecule has 3 rings (SSSR count). The Morgan fingerprint density at radius 2 is 2.00 bits per heavy atom. The molecule has 0 saturated heterocycles. The van der Waals surface area contributed by atoms with Gasteiger partial charge < -0.3 is 10.1 Å². The molecule has 1 amide bonds. The van der Waals surface area contributed by atoms with Crippen molar-refractivity contribution in [2.75, 3.05) is 13.2 Å². The lowest BCUT2D eigenvalue weighted by Gasteiger charge is -2.25. The van der Waals surface area contributed by atoms with E-state index in [2.05, 4.69) is 29.6 Å². The normalized spacial score (nSPS) is 15.9. The van der Waals surface area contributed by atoms with Crippen LogP contribution >= 0.6 is 0 Å². The van der Waals surface area contributed by atoms with Crippen molar-refractivity contribution in [2.45, 2.75) is 31.8 Å². The largest absolute Gasteiger partial charge is 0.373 e.